The zero-order valence-corrected chi connectivity index (χ0v) is 14.1. The van der Waals surface area contributed by atoms with Crippen molar-refractivity contribution in [2.75, 3.05) is 13.2 Å². The van der Waals surface area contributed by atoms with E-state index in [-0.39, 0.29) is 0 Å². The van der Waals surface area contributed by atoms with Crippen molar-refractivity contribution in [2.45, 2.75) is 18.0 Å². The molecule has 3 atom stereocenters. The van der Waals surface area contributed by atoms with Gasteiger partial charge in [0.05, 0.1) is 26.4 Å². The molecule has 0 radical (unpaired) electrons. The van der Waals surface area contributed by atoms with E-state index >= 15 is 0 Å². The Morgan fingerprint density at radius 2 is 1.09 bits per heavy atom. The third-order valence-corrected chi connectivity index (χ3v) is 5.43. The molecule has 0 saturated heterocycles. The van der Waals surface area contributed by atoms with E-state index in [9.17, 15) is 0 Å². The maximum atomic E-state index is 5.82. The van der Waals surface area contributed by atoms with Crippen molar-refractivity contribution in [1.82, 2.24) is 0 Å². The summed E-state index contributed by atoms with van der Waals surface area (Å²) in [5.74, 6) is 1.14. The van der Waals surface area contributed by atoms with E-state index < -0.39 is 0 Å². The second kappa shape index (κ2) is 7.91. The van der Waals surface area contributed by atoms with Crippen LogP contribution in [0.1, 0.15) is 11.1 Å². The number of halogens is 1. The fraction of sp³-hybridized carbons (Fsp3) is 0.368. The van der Waals surface area contributed by atoms with Gasteiger partial charge in [0, 0.05) is 16.7 Å². The van der Waals surface area contributed by atoms with Gasteiger partial charge >= 0.3 is 0 Å². The van der Waals surface area contributed by atoms with Crippen LogP contribution in [0.3, 0.4) is 0 Å². The Hall–Kier alpha value is -1.16. The molecule has 116 valence electrons. The van der Waals surface area contributed by atoms with Crippen molar-refractivity contribution in [3.63, 3.8) is 0 Å². The maximum Gasteiger partial charge on any atom is 0.0717 e. The Morgan fingerprint density at radius 3 is 1.50 bits per heavy atom. The first-order valence-corrected chi connectivity index (χ1v) is 8.63. The van der Waals surface area contributed by atoms with Gasteiger partial charge in [0.25, 0.3) is 0 Å². The summed E-state index contributed by atoms with van der Waals surface area (Å²) in [6.07, 6.45) is 0. The summed E-state index contributed by atoms with van der Waals surface area (Å²) in [6, 6.07) is 20.6. The number of alkyl halides is 1. The second-order valence-corrected chi connectivity index (χ2v) is 6.83. The van der Waals surface area contributed by atoms with Crippen LogP contribution in [0.15, 0.2) is 60.7 Å². The molecule has 0 amide bonds. The number of benzene rings is 2. The predicted molar refractivity (Wildman–Crippen MR) is 91.9 cm³/mol. The van der Waals surface area contributed by atoms with Gasteiger partial charge in [-0.1, -0.05) is 76.6 Å². The molecule has 1 aliphatic rings. The monoisotopic (exact) mass is 360 g/mol. The lowest BCUT2D eigenvalue weighted by atomic mass is 10.2. The third kappa shape index (κ3) is 4.42. The lowest BCUT2D eigenvalue weighted by Gasteiger charge is -2.05. The fourth-order valence-corrected chi connectivity index (χ4v) is 3.52. The first-order valence-electron chi connectivity index (χ1n) is 7.72. The zero-order chi connectivity index (χ0) is 15.2. The SMILES string of the molecule is BrC1[C@@H](COCc2ccccc2)[C@H]1COCc1ccccc1. The first-order chi connectivity index (χ1) is 10.8. The lowest BCUT2D eigenvalue weighted by molar-refractivity contribution is 0.0840. The Balaban J connectivity index is 1.33. The molecule has 22 heavy (non-hydrogen) atoms. The number of rotatable bonds is 8. The van der Waals surface area contributed by atoms with Crippen LogP contribution < -0.4 is 0 Å². The van der Waals surface area contributed by atoms with E-state index in [0.29, 0.717) is 29.9 Å². The van der Waals surface area contributed by atoms with E-state index in [4.69, 9.17) is 9.47 Å². The molecule has 0 N–H and O–H groups in total. The molecule has 0 bridgehead atoms. The van der Waals surface area contributed by atoms with Crippen LogP contribution >= 0.6 is 15.9 Å². The molecule has 2 aromatic rings. The molecular formula is C19H21BrO2. The summed E-state index contributed by atoms with van der Waals surface area (Å²) in [4.78, 5) is 0.527. The molecule has 0 aromatic heterocycles. The van der Waals surface area contributed by atoms with E-state index in [1.807, 2.05) is 36.4 Å². The molecule has 1 aliphatic carbocycles. The smallest absolute Gasteiger partial charge is 0.0717 e. The highest BCUT2D eigenvalue weighted by Gasteiger charge is 2.48. The van der Waals surface area contributed by atoms with E-state index in [0.717, 1.165) is 13.2 Å². The van der Waals surface area contributed by atoms with Crippen molar-refractivity contribution >= 4 is 15.9 Å². The highest BCUT2D eigenvalue weighted by Crippen LogP contribution is 2.45. The minimum Gasteiger partial charge on any atom is -0.376 e. The van der Waals surface area contributed by atoms with E-state index in [1.165, 1.54) is 11.1 Å². The average molecular weight is 361 g/mol. The van der Waals surface area contributed by atoms with Gasteiger partial charge in [-0.25, -0.2) is 0 Å². The Morgan fingerprint density at radius 1 is 0.682 bits per heavy atom. The van der Waals surface area contributed by atoms with Crippen molar-refractivity contribution in [3.05, 3.63) is 71.8 Å². The lowest BCUT2D eigenvalue weighted by Crippen LogP contribution is -2.03. The Kier molecular flexibility index (Phi) is 5.65. The third-order valence-electron chi connectivity index (χ3n) is 4.07. The quantitative estimate of drug-likeness (QED) is 0.648. The highest BCUT2D eigenvalue weighted by molar-refractivity contribution is 9.09. The molecule has 2 nitrogen and oxygen atoms in total. The summed E-state index contributed by atoms with van der Waals surface area (Å²) in [5, 5.41) is 0. The topological polar surface area (TPSA) is 18.5 Å². The van der Waals surface area contributed by atoms with Gasteiger partial charge in [-0.15, -0.1) is 0 Å². The van der Waals surface area contributed by atoms with Gasteiger partial charge < -0.3 is 9.47 Å². The number of ether oxygens (including phenoxy) is 2. The highest BCUT2D eigenvalue weighted by atomic mass is 79.9. The average Bonchev–Trinajstić information content (AvgIpc) is 3.18. The first kappa shape index (κ1) is 15.7. The number of hydrogen-bond donors (Lipinski definition) is 0. The van der Waals surface area contributed by atoms with Crippen molar-refractivity contribution in [2.24, 2.45) is 11.8 Å². The van der Waals surface area contributed by atoms with Gasteiger partial charge in [0.2, 0.25) is 0 Å². The van der Waals surface area contributed by atoms with E-state index in [1.54, 1.807) is 0 Å². The van der Waals surface area contributed by atoms with Crippen molar-refractivity contribution in [1.29, 1.82) is 0 Å². The largest absolute Gasteiger partial charge is 0.376 e. The van der Waals surface area contributed by atoms with Crippen LogP contribution in [0, 0.1) is 11.8 Å². The minimum absolute atomic E-state index is 0.527. The maximum absolute atomic E-state index is 5.82. The molecule has 1 unspecified atom stereocenters. The summed E-state index contributed by atoms with van der Waals surface area (Å²) >= 11 is 3.73. The zero-order valence-electron chi connectivity index (χ0n) is 12.5. The summed E-state index contributed by atoms with van der Waals surface area (Å²) in [5.41, 5.74) is 2.46. The van der Waals surface area contributed by atoms with Crippen LogP contribution in [0.25, 0.3) is 0 Å². The molecular weight excluding hydrogens is 340 g/mol. The molecule has 0 heterocycles. The van der Waals surface area contributed by atoms with Crippen LogP contribution in [0.4, 0.5) is 0 Å². The van der Waals surface area contributed by atoms with Crippen LogP contribution in [0.5, 0.6) is 0 Å². The molecule has 3 rings (SSSR count). The molecule has 3 heteroatoms. The molecule has 1 fully saturated rings. The minimum atomic E-state index is 0.527. The predicted octanol–water partition coefficient (Wildman–Crippen LogP) is 4.43. The van der Waals surface area contributed by atoms with Crippen LogP contribution in [0.2, 0.25) is 0 Å². The van der Waals surface area contributed by atoms with Gasteiger partial charge in [-0.05, 0) is 11.1 Å². The van der Waals surface area contributed by atoms with Gasteiger partial charge in [0.1, 0.15) is 0 Å². The van der Waals surface area contributed by atoms with Crippen LogP contribution in [-0.4, -0.2) is 18.0 Å². The normalized spacial score (nSPS) is 23.4. The van der Waals surface area contributed by atoms with Crippen LogP contribution in [-0.2, 0) is 22.7 Å². The Bertz CT molecular complexity index is 507. The summed E-state index contributed by atoms with van der Waals surface area (Å²) in [6.45, 7) is 2.97. The molecule has 1 saturated carbocycles. The molecule has 0 aliphatic heterocycles. The fourth-order valence-electron chi connectivity index (χ4n) is 2.60. The standard InChI is InChI=1S/C19H21BrO2/c20-19-17(13-21-11-15-7-3-1-4-8-15)18(19)14-22-12-16-9-5-2-6-10-16/h1-10,17-19H,11-14H2/t17-,18+,19?. The van der Waals surface area contributed by atoms with Gasteiger partial charge in [-0.2, -0.15) is 0 Å². The summed E-state index contributed by atoms with van der Waals surface area (Å²) in [7, 11) is 0. The molecule has 2 aromatic carbocycles. The summed E-state index contributed by atoms with van der Waals surface area (Å²) < 4.78 is 11.6. The number of hydrogen-bond acceptors (Lipinski definition) is 2. The van der Waals surface area contributed by atoms with Gasteiger partial charge in [0.15, 0.2) is 0 Å². The van der Waals surface area contributed by atoms with Crippen molar-refractivity contribution in [3.8, 4) is 0 Å². The van der Waals surface area contributed by atoms with Gasteiger partial charge in [-0.3, -0.25) is 0 Å². The second-order valence-electron chi connectivity index (χ2n) is 5.77. The van der Waals surface area contributed by atoms with Crippen molar-refractivity contribution < 1.29 is 9.47 Å². The van der Waals surface area contributed by atoms with E-state index in [2.05, 4.69) is 40.2 Å². The Labute approximate surface area is 140 Å². The molecule has 0 spiro atoms.